The van der Waals surface area contributed by atoms with Gasteiger partial charge in [-0.2, -0.15) is 0 Å². The number of aromatic nitrogens is 3. The Labute approximate surface area is 201 Å². The Morgan fingerprint density at radius 1 is 0.967 bits per heavy atom. The van der Waals surface area contributed by atoms with E-state index in [9.17, 15) is 9.90 Å². The SMILES string of the molecule is CCOc1cc(C(=O)O)c(-c2nc(C(Cl)(Cl)Cl)nc(C(Cl)(Cl)Cl)n2)c2ccccc12. The van der Waals surface area contributed by atoms with Gasteiger partial charge in [0.05, 0.1) is 12.2 Å². The first-order valence-corrected chi connectivity index (χ1v) is 10.5. The van der Waals surface area contributed by atoms with E-state index in [4.69, 9.17) is 74.3 Å². The molecule has 2 aromatic carbocycles. The number of halogens is 6. The molecule has 30 heavy (non-hydrogen) atoms. The minimum atomic E-state index is -2.08. The van der Waals surface area contributed by atoms with Crippen molar-refractivity contribution in [3.63, 3.8) is 0 Å². The molecule has 158 valence electrons. The van der Waals surface area contributed by atoms with E-state index in [-0.39, 0.29) is 28.6 Å². The maximum Gasteiger partial charge on any atom is 0.336 e. The van der Waals surface area contributed by atoms with Crippen LogP contribution in [0.3, 0.4) is 0 Å². The predicted octanol–water partition coefficient (Wildman–Crippen LogP) is 6.44. The number of hydrogen-bond donors (Lipinski definition) is 1. The highest BCUT2D eigenvalue weighted by Gasteiger charge is 2.35. The van der Waals surface area contributed by atoms with Crippen molar-refractivity contribution in [2.24, 2.45) is 0 Å². The third-order valence-electron chi connectivity index (χ3n) is 3.90. The van der Waals surface area contributed by atoms with E-state index in [1.165, 1.54) is 6.07 Å². The van der Waals surface area contributed by atoms with Crippen molar-refractivity contribution in [1.82, 2.24) is 15.0 Å². The molecule has 0 aliphatic rings. The van der Waals surface area contributed by atoms with Gasteiger partial charge in [-0.05, 0) is 18.4 Å². The molecule has 0 atom stereocenters. The van der Waals surface area contributed by atoms with Crippen LogP contribution in [0.1, 0.15) is 28.9 Å². The summed E-state index contributed by atoms with van der Waals surface area (Å²) in [5.41, 5.74) is -0.0103. The van der Waals surface area contributed by atoms with Gasteiger partial charge in [-0.1, -0.05) is 93.9 Å². The van der Waals surface area contributed by atoms with Crippen molar-refractivity contribution in [3.05, 3.63) is 47.5 Å². The molecule has 0 radical (unpaired) electrons. The Morgan fingerprint density at radius 3 is 1.97 bits per heavy atom. The molecule has 0 unspecified atom stereocenters. The van der Waals surface area contributed by atoms with Crippen LogP contribution in [-0.2, 0) is 7.59 Å². The first-order chi connectivity index (χ1) is 13.9. The van der Waals surface area contributed by atoms with Crippen molar-refractivity contribution in [3.8, 4) is 17.1 Å². The number of alkyl halides is 6. The van der Waals surface area contributed by atoms with Crippen molar-refractivity contribution in [2.75, 3.05) is 6.61 Å². The summed E-state index contributed by atoms with van der Waals surface area (Å²) in [4.78, 5) is 24.3. The monoisotopic (exact) mass is 527 g/mol. The van der Waals surface area contributed by atoms with E-state index < -0.39 is 13.6 Å². The van der Waals surface area contributed by atoms with Gasteiger partial charge < -0.3 is 9.84 Å². The van der Waals surface area contributed by atoms with Crippen LogP contribution in [0.5, 0.6) is 5.75 Å². The normalized spacial score (nSPS) is 12.2. The molecule has 1 aromatic heterocycles. The Kier molecular flexibility index (Phi) is 6.77. The fourth-order valence-electron chi connectivity index (χ4n) is 2.77. The Morgan fingerprint density at radius 2 is 1.50 bits per heavy atom. The van der Waals surface area contributed by atoms with Crippen molar-refractivity contribution >= 4 is 86.3 Å². The maximum atomic E-state index is 12.1. The molecule has 0 saturated heterocycles. The first-order valence-electron chi connectivity index (χ1n) is 8.26. The minimum absolute atomic E-state index is 0.134. The molecule has 0 fully saturated rings. The fraction of sp³-hybridized carbons (Fsp3) is 0.222. The zero-order valence-corrected chi connectivity index (χ0v) is 19.5. The van der Waals surface area contributed by atoms with Crippen molar-refractivity contribution < 1.29 is 14.6 Å². The molecule has 12 heteroatoms. The number of nitrogens with zero attached hydrogens (tertiary/aromatic N) is 3. The summed E-state index contributed by atoms with van der Waals surface area (Å²) in [7, 11) is 0. The lowest BCUT2D eigenvalue weighted by Gasteiger charge is -2.18. The second-order valence-electron chi connectivity index (χ2n) is 5.88. The molecule has 3 rings (SSSR count). The van der Waals surface area contributed by atoms with Gasteiger partial charge in [0, 0.05) is 10.9 Å². The lowest BCUT2D eigenvalue weighted by atomic mass is 9.97. The summed E-state index contributed by atoms with van der Waals surface area (Å²) in [6, 6.07) is 8.33. The molecule has 0 amide bonds. The predicted molar refractivity (Wildman–Crippen MR) is 119 cm³/mol. The molecule has 0 spiro atoms. The number of carboxylic acid groups (broad SMARTS) is 1. The first kappa shape index (κ1) is 23.4. The molecular weight excluding hydrogens is 519 g/mol. The number of carbonyl (C=O) groups is 1. The number of carboxylic acids is 1. The molecular formula is C18H11Cl6N3O3. The van der Waals surface area contributed by atoms with Crippen LogP contribution in [-0.4, -0.2) is 32.6 Å². The zero-order valence-electron chi connectivity index (χ0n) is 15.0. The van der Waals surface area contributed by atoms with Gasteiger partial charge in [0.25, 0.3) is 0 Å². The van der Waals surface area contributed by atoms with Crippen molar-refractivity contribution in [1.29, 1.82) is 0 Å². The second kappa shape index (κ2) is 8.69. The number of aromatic carboxylic acids is 1. The Balaban J connectivity index is 2.46. The largest absolute Gasteiger partial charge is 0.493 e. The standard InChI is InChI=1S/C18H11Cl6N3O3/c1-2-30-11-7-10(14(28)29)12(9-6-4-3-5-8(9)11)13-25-15(17(19,20)21)27-16(26-13)18(22,23)24/h3-7H,2H2,1H3,(H,28,29). The summed E-state index contributed by atoms with van der Waals surface area (Å²) in [5, 5.41) is 11.0. The smallest absolute Gasteiger partial charge is 0.336 e. The zero-order chi connectivity index (χ0) is 22.3. The van der Waals surface area contributed by atoms with Gasteiger partial charge in [-0.25, -0.2) is 19.7 Å². The lowest BCUT2D eigenvalue weighted by Crippen LogP contribution is -2.17. The van der Waals surface area contributed by atoms with Crippen LogP contribution in [0.25, 0.3) is 22.2 Å². The van der Waals surface area contributed by atoms with Gasteiger partial charge in [-0.15, -0.1) is 0 Å². The topological polar surface area (TPSA) is 85.2 Å². The van der Waals surface area contributed by atoms with Crippen LogP contribution < -0.4 is 4.74 Å². The summed E-state index contributed by atoms with van der Waals surface area (Å²) < 4.78 is 1.46. The molecule has 3 aromatic rings. The number of benzene rings is 2. The van der Waals surface area contributed by atoms with Gasteiger partial charge in [0.1, 0.15) is 5.75 Å². The van der Waals surface area contributed by atoms with E-state index in [2.05, 4.69) is 15.0 Å². The molecule has 1 heterocycles. The van der Waals surface area contributed by atoms with Gasteiger partial charge >= 0.3 is 5.97 Å². The molecule has 0 aliphatic carbocycles. The molecule has 1 N–H and O–H groups in total. The average molecular weight is 530 g/mol. The number of fused-ring (bicyclic) bond motifs is 1. The molecule has 6 nitrogen and oxygen atoms in total. The quantitative estimate of drug-likeness (QED) is 0.391. The fourth-order valence-corrected chi connectivity index (χ4v) is 3.27. The lowest BCUT2D eigenvalue weighted by molar-refractivity contribution is 0.0697. The van der Waals surface area contributed by atoms with E-state index >= 15 is 0 Å². The average Bonchev–Trinajstić information content (AvgIpc) is 2.66. The highest BCUT2D eigenvalue weighted by Crippen LogP contribution is 2.42. The van der Waals surface area contributed by atoms with Crippen LogP contribution in [0.4, 0.5) is 0 Å². The molecule has 0 bridgehead atoms. The van der Waals surface area contributed by atoms with Crippen LogP contribution >= 0.6 is 69.6 Å². The van der Waals surface area contributed by atoms with E-state index in [1.54, 1.807) is 31.2 Å². The maximum absolute atomic E-state index is 12.1. The van der Waals surface area contributed by atoms with E-state index in [0.717, 1.165) is 0 Å². The van der Waals surface area contributed by atoms with Crippen LogP contribution in [0.15, 0.2) is 30.3 Å². The van der Waals surface area contributed by atoms with Gasteiger partial charge in [0.15, 0.2) is 17.5 Å². The van der Waals surface area contributed by atoms with Crippen LogP contribution in [0.2, 0.25) is 0 Å². The number of rotatable bonds is 4. The number of hydrogen-bond acceptors (Lipinski definition) is 5. The molecule has 0 saturated carbocycles. The summed E-state index contributed by atoms with van der Waals surface area (Å²) in [6.45, 7) is 2.12. The third kappa shape index (κ3) is 4.79. The number of ether oxygens (including phenoxy) is 1. The summed E-state index contributed by atoms with van der Waals surface area (Å²) >= 11 is 35.6. The highest BCUT2D eigenvalue weighted by molar-refractivity contribution is 6.67. The summed E-state index contributed by atoms with van der Waals surface area (Å²) in [6.07, 6.45) is 0. The van der Waals surface area contributed by atoms with Crippen molar-refractivity contribution in [2.45, 2.75) is 14.5 Å². The Hall–Kier alpha value is -1.28. The van der Waals surface area contributed by atoms with E-state index in [0.29, 0.717) is 23.1 Å². The second-order valence-corrected chi connectivity index (χ2v) is 10.4. The van der Waals surface area contributed by atoms with Crippen LogP contribution in [0, 0.1) is 0 Å². The minimum Gasteiger partial charge on any atom is -0.493 e. The Bertz CT molecular complexity index is 1100. The van der Waals surface area contributed by atoms with E-state index in [1.807, 2.05) is 0 Å². The molecule has 0 aliphatic heterocycles. The van der Waals surface area contributed by atoms with Gasteiger partial charge in [-0.3, -0.25) is 0 Å². The third-order valence-corrected chi connectivity index (χ3v) is 4.92. The summed E-state index contributed by atoms with van der Waals surface area (Å²) in [5.74, 6) is -1.65. The highest BCUT2D eigenvalue weighted by atomic mass is 35.6. The van der Waals surface area contributed by atoms with Gasteiger partial charge in [0.2, 0.25) is 7.59 Å².